The summed E-state index contributed by atoms with van der Waals surface area (Å²) in [5.41, 5.74) is 6.59. The minimum atomic E-state index is -1.30. The molecule has 2 aliphatic heterocycles. The number of fused-ring (bicyclic) bond motifs is 1. The van der Waals surface area contributed by atoms with E-state index in [2.05, 4.69) is 5.32 Å². The molecule has 3 rings (SSSR count). The van der Waals surface area contributed by atoms with Crippen molar-refractivity contribution in [3.8, 4) is 0 Å². The second kappa shape index (κ2) is 8.44. The van der Waals surface area contributed by atoms with Gasteiger partial charge in [0.05, 0.1) is 0 Å². The number of carbonyl (C=O) groups is 4. The Morgan fingerprint density at radius 1 is 1.38 bits per heavy atom. The van der Waals surface area contributed by atoms with Gasteiger partial charge in [0.15, 0.2) is 0 Å². The van der Waals surface area contributed by atoms with Gasteiger partial charge in [0.2, 0.25) is 5.91 Å². The lowest BCUT2D eigenvalue weighted by Gasteiger charge is -2.49. The largest absolute Gasteiger partial charge is 0.477 e. The topological polar surface area (TPSA) is 139 Å². The highest BCUT2D eigenvalue weighted by Crippen LogP contribution is 2.40. The zero-order chi connectivity index (χ0) is 21.3. The van der Waals surface area contributed by atoms with E-state index in [0.717, 1.165) is 4.90 Å². The SMILES string of the molecule is CC(=O)OCC1=C(C(=O)O)N2C(=O)C(NC(=O)C(N)c3ccc(Cl)cc3)[C@H]2SC1. The van der Waals surface area contributed by atoms with Crippen molar-refractivity contribution in [3.05, 3.63) is 46.1 Å². The molecule has 11 heteroatoms. The number of carboxylic acid groups (broad SMARTS) is 1. The first kappa shape index (κ1) is 21.2. The second-order valence-corrected chi connectivity index (χ2v) is 8.00. The van der Waals surface area contributed by atoms with E-state index in [1.807, 2.05) is 0 Å². The summed E-state index contributed by atoms with van der Waals surface area (Å²) in [4.78, 5) is 48.8. The average Bonchev–Trinajstić information content (AvgIpc) is 2.69. The number of benzene rings is 1. The number of esters is 1. The molecule has 0 radical (unpaired) electrons. The van der Waals surface area contributed by atoms with E-state index >= 15 is 0 Å². The van der Waals surface area contributed by atoms with Crippen LogP contribution in [0.3, 0.4) is 0 Å². The highest BCUT2D eigenvalue weighted by molar-refractivity contribution is 8.00. The Balaban J connectivity index is 1.71. The van der Waals surface area contributed by atoms with Crippen LogP contribution in [-0.4, -0.2) is 57.5 Å². The number of thioether (sulfide) groups is 1. The molecule has 0 bridgehead atoms. The van der Waals surface area contributed by atoms with Gasteiger partial charge < -0.3 is 20.9 Å². The number of rotatable bonds is 6. The molecule has 2 amide bonds. The fraction of sp³-hybridized carbons (Fsp3) is 0.333. The number of nitrogens with one attached hydrogen (secondary N) is 1. The highest BCUT2D eigenvalue weighted by atomic mass is 35.5. The van der Waals surface area contributed by atoms with Gasteiger partial charge in [-0.05, 0) is 17.7 Å². The Morgan fingerprint density at radius 2 is 2.03 bits per heavy atom. The Bertz CT molecular complexity index is 903. The minimum Gasteiger partial charge on any atom is -0.477 e. The monoisotopic (exact) mass is 439 g/mol. The zero-order valence-electron chi connectivity index (χ0n) is 15.3. The van der Waals surface area contributed by atoms with Crippen LogP contribution in [0.4, 0.5) is 0 Å². The normalized spacial score (nSPS) is 21.8. The fourth-order valence-electron chi connectivity index (χ4n) is 3.05. The average molecular weight is 440 g/mol. The number of nitrogens with zero attached hydrogens (tertiary/aromatic N) is 1. The number of halogens is 1. The molecule has 1 fully saturated rings. The number of aliphatic carboxylic acids is 1. The molecule has 2 unspecified atom stereocenters. The number of hydrogen-bond acceptors (Lipinski definition) is 7. The minimum absolute atomic E-state index is 0.209. The molecule has 2 aliphatic rings. The van der Waals surface area contributed by atoms with E-state index in [1.165, 1.54) is 18.7 Å². The highest BCUT2D eigenvalue weighted by Gasteiger charge is 2.54. The number of amides is 2. The van der Waals surface area contributed by atoms with E-state index in [1.54, 1.807) is 24.3 Å². The van der Waals surface area contributed by atoms with Crippen LogP contribution in [0.25, 0.3) is 0 Å². The first-order valence-electron chi connectivity index (χ1n) is 8.55. The van der Waals surface area contributed by atoms with Gasteiger partial charge >= 0.3 is 11.9 Å². The summed E-state index contributed by atoms with van der Waals surface area (Å²) in [6.45, 7) is 1.00. The van der Waals surface area contributed by atoms with Crippen LogP contribution in [0.1, 0.15) is 18.5 Å². The first-order chi connectivity index (χ1) is 13.7. The van der Waals surface area contributed by atoms with E-state index < -0.39 is 41.2 Å². The fourth-order valence-corrected chi connectivity index (χ4v) is 4.50. The number of carbonyl (C=O) groups excluding carboxylic acids is 3. The Hall–Kier alpha value is -2.56. The predicted octanol–water partition coefficient (Wildman–Crippen LogP) is 0.642. The van der Waals surface area contributed by atoms with E-state index in [0.29, 0.717) is 16.2 Å². The Kier molecular flexibility index (Phi) is 6.15. The first-order valence-corrected chi connectivity index (χ1v) is 9.98. The maximum atomic E-state index is 12.6. The van der Waals surface area contributed by atoms with Crippen molar-refractivity contribution in [2.45, 2.75) is 24.4 Å². The van der Waals surface area contributed by atoms with Crippen LogP contribution in [-0.2, 0) is 23.9 Å². The maximum absolute atomic E-state index is 12.6. The third kappa shape index (κ3) is 4.24. The summed E-state index contributed by atoms with van der Waals surface area (Å²) in [5, 5.41) is 12.0. The number of hydrogen-bond donors (Lipinski definition) is 3. The molecule has 0 aliphatic carbocycles. The lowest BCUT2D eigenvalue weighted by Crippen LogP contribution is -2.71. The third-order valence-electron chi connectivity index (χ3n) is 4.51. The summed E-state index contributed by atoms with van der Waals surface area (Å²) in [7, 11) is 0. The molecule has 0 spiro atoms. The van der Waals surface area contributed by atoms with Crippen molar-refractivity contribution in [3.63, 3.8) is 0 Å². The molecular formula is C18H18ClN3O6S. The quantitative estimate of drug-likeness (QED) is 0.433. The van der Waals surface area contributed by atoms with Gasteiger partial charge in [-0.2, -0.15) is 0 Å². The van der Waals surface area contributed by atoms with Crippen molar-refractivity contribution >= 4 is 47.1 Å². The molecule has 154 valence electrons. The number of carboxylic acids is 1. The molecule has 1 saturated heterocycles. The van der Waals surface area contributed by atoms with Crippen molar-refractivity contribution in [2.24, 2.45) is 5.73 Å². The van der Waals surface area contributed by atoms with Crippen LogP contribution in [0.2, 0.25) is 5.02 Å². The van der Waals surface area contributed by atoms with Crippen LogP contribution in [0.5, 0.6) is 0 Å². The Morgan fingerprint density at radius 3 is 2.62 bits per heavy atom. The Labute approximate surface area is 175 Å². The molecule has 1 aromatic carbocycles. The van der Waals surface area contributed by atoms with Crippen molar-refractivity contribution < 1.29 is 29.0 Å². The second-order valence-electron chi connectivity index (χ2n) is 6.46. The molecule has 1 aromatic rings. The van der Waals surface area contributed by atoms with Gasteiger partial charge in [0, 0.05) is 23.3 Å². The van der Waals surface area contributed by atoms with Crippen LogP contribution < -0.4 is 11.1 Å². The van der Waals surface area contributed by atoms with Crippen LogP contribution >= 0.6 is 23.4 Å². The summed E-state index contributed by atoms with van der Waals surface area (Å²) in [6.07, 6.45) is 0. The zero-order valence-corrected chi connectivity index (χ0v) is 16.8. The lowest BCUT2D eigenvalue weighted by molar-refractivity contribution is -0.151. The molecule has 3 atom stereocenters. The van der Waals surface area contributed by atoms with Crippen molar-refractivity contribution in [1.29, 1.82) is 0 Å². The summed E-state index contributed by atoms with van der Waals surface area (Å²) >= 11 is 7.10. The molecular weight excluding hydrogens is 422 g/mol. The van der Waals surface area contributed by atoms with Gasteiger partial charge in [0.1, 0.15) is 29.8 Å². The maximum Gasteiger partial charge on any atom is 0.352 e. The molecule has 9 nitrogen and oxygen atoms in total. The van der Waals surface area contributed by atoms with Crippen LogP contribution in [0.15, 0.2) is 35.5 Å². The van der Waals surface area contributed by atoms with Gasteiger partial charge in [-0.25, -0.2) is 4.79 Å². The predicted molar refractivity (Wildman–Crippen MR) is 105 cm³/mol. The van der Waals surface area contributed by atoms with E-state index in [4.69, 9.17) is 22.1 Å². The molecule has 4 N–H and O–H groups in total. The standard InChI is InChI=1S/C18H18ClN3O6S/c1-8(23)28-6-10-7-29-17-13(16(25)22(17)14(10)18(26)27)21-15(24)12(20)9-2-4-11(19)5-3-9/h2-5,12-13,17H,6-7,20H2,1H3,(H,21,24)(H,26,27)/t12?,13?,17-/m1/s1. The molecule has 2 heterocycles. The summed E-state index contributed by atoms with van der Waals surface area (Å²) in [6, 6.07) is 4.54. The third-order valence-corrected chi connectivity index (χ3v) is 6.10. The molecule has 0 saturated carbocycles. The number of β-lactam (4-membered cyclic amide) rings is 1. The molecule has 0 aromatic heterocycles. The summed E-state index contributed by atoms with van der Waals surface area (Å²) < 4.78 is 4.88. The van der Waals surface area contributed by atoms with E-state index in [9.17, 15) is 24.3 Å². The van der Waals surface area contributed by atoms with Crippen molar-refractivity contribution in [1.82, 2.24) is 10.2 Å². The number of ether oxygens (including phenoxy) is 1. The van der Waals surface area contributed by atoms with Gasteiger partial charge in [0.25, 0.3) is 5.91 Å². The lowest BCUT2D eigenvalue weighted by atomic mass is 10.0. The number of nitrogens with two attached hydrogens (primary N) is 1. The van der Waals surface area contributed by atoms with E-state index in [-0.39, 0.29) is 18.1 Å². The molecule has 29 heavy (non-hydrogen) atoms. The van der Waals surface area contributed by atoms with Gasteiger partial charge in [-0.1, -0.05) is 23.7 Å². The van der Waals surface area contributed by atoms with Crippen molar-refractivity contribution in [2.75, 3.05) is 12.4 Å². The summed E-state index contributed by atoms with van der Waals surface area (Å²) in [5.74, 6) is -2.72. The van der Waals surface area contributed by atoms with Crippen LogP contribution in [0, 0.1) is 0 Å². The van der Waals surface area contributed by atoms with Gasteiger partial charge in [-0.3, -0.25) is 19.3 Å². The van der Waals surface area contributed by atoms with Gasteiger partial charge in [-0.15, -0.1) is 11.8 Å². The smallest absolute Gasteiger partial charge is 0.352 e.